The Hall–Kier alpha value is -2.30. The normalized spacial score (nSPS) is 35.0. The van der Waals surface area contributed by atoms with Crippen molar-refractivity contribution in [3.63, 3.8) is 0 Å². The smallest absolute Gasteiger partial charge is 0.408 e. The molecule has 3 fully saturated rings. The molecule has 0 aromatic heterocycles. The number of fused-ring (bicyclic) bond motifs is 5. The fourth-order valence-corrected chi connectivity index (χ4v) is 9.63. The standard InChI is InChI=1S/C36H53NO4/c1-24(2)10-8-9-13-26-15-17-30-29-16-14-27-23-28(18-20-36(27,4)31(29)19-21-35(26,30)3)41-34(40)37-32(33(38)39)22-25-11-6-5-7-12-25/h5-7,11-12,14,24,26,28-32H,8-10,13,15-23H2,1-4H3,(H,37,40)(H,38,39)/t26-,28-,29-,30?,31?,32+,35?,36-/m0/s1. The number of allylic oxidation sites excluding steroid dienone is 1. The Morgan fingerprint density at radius 1 is 1.02 bits per heavy atom. The molecule has 0 aliphatic heterocycles. The topological polar surface area (TPSA) is 75.6 Å². The summed E-state index contributed by atoms with van der Waals surface area (Å²) in [7, 11) is 0. The third-order valence-corrected chi connectivity index (χ3v) is 12.0. The van der Waals surface area contributed by atoms with E-state index in [1.165, 1.54) is 63.4 Å². The molecular weight excluding hydrogens is 510 g/mol. The first-order valence-corrected chi connectivity index (χ1v) is 16.5. The lowest BCUT2D eigenvalue weighted by Crippen LogP contribution is -2.51. The third kappa shape index (κ3) is 6.39. The number of ether oxygens (including phenoxy) is 1. The number of hydrogen-bond donors (Lipinski definition) is 2. The summed E-state index contributed by atoms with van der Waals surface area (Å²) < 4.78 is 5.85. The minimum atomic E-state index is -1.04. The number of benzene rings is 1. The number of unbranched alkanes of at least 4 members (excludes halogenated alkanes) is 1. The molecule has 0 bridgehead atoms. The Morgan fingerprint density at radius 2 is 1.80 bits per heavy atom. The van der Waals surface area contributed by atoms with E-state index in [2.05, 4.69) is 39.1 Å². The first-order chi connectivity index (χ1) is 19.6. The third-order valence-electron chi connectivity index (χ3n) is 12.0. The fourth-order valence-electron chi connectivity index (χ4n) is 9.63. The molecular formula is C36H53NO4. The Bertz CT molecular complexity index is 1100. The van der Waals surface area contributed by atoms with Crippen LogP contribution in [0.4, 0.5) is 4.79 Å². The number of alkyl carbamates (subject to hydrolysis) is 1. The van der Waals surface area contributed by atoms with Gasteiger partial charge in [-0.15, -0.1) is 0 Å². The molecule has 0 heterocycles. The van der Waals surface area contributed by atoms with Crippen molar-refractivity contribution in [1.82, 2.24) is 5.32 Å². The van der Waals surface area contributed by atoms with Gasteiger partial charge in [0.05, 0.1) is 0 Å². The number of carboxylic acids is 1. The average Bonchev–Trinajstić information content (AvgIpc) is 3.27. The summed E-state index contributed by atoms with van der Waals surface area (Å²) in [4.78, 5) is 24.6. The van der Waals surface area contributed by atoms with Gasteiger partial charge in [-0.25, -0.2) is 9.59 Å². The fraction of sp³-hybridized carbons (Fsp3) is 0.722. The first kappa shape index (κ1) is 30.2. The molecule has 0 spiro atoms. The van der Waals surface area contributed by atoms with Crippen molar-refractivity contribution in [2.24, 2.45) is 40.4 Å². The highest BCUT2D eigenvalue weighted by Gasteiger charge is 2.58. The maximum Gasteiger partial charge on any atom is 0.408 e. The number of aliphatic carboxylic acids is 1. The monoisotopic (exact) mass is 563 g/mol. The molecule has 0 saturated heterocycles. The minimum absolute atomic E-state index is 0.187. The molecule has 5 nitrogen and oxygen atoms in total. The van der Waals surface area contributed by atoms with Crippen molar-refractivity contribution in [3.05, 3.63) is 47.5 Å². The van der Waals surface area contributed by atoms with Gasteiger partial charge >= 0.3 is 12.1 Å². The van der Waals surface area contributed by atoms with E-state index in [1.807, 2.05) is 30.3 Å². The molecule has 3 unspecified atom stereocenters. The molecule has 1 aromatic carbocycles. The van der Waals surface area contributed by atoms with E-state index in [1.54, 1.807) is 0 Å². The van der Waals surface area contributed by atoms with Crippen molar-refractivity contribution >= 4 is 12.1 Å². The van der Waals surface area contributed by atoms with E-state index in [0.717, 1.165) is 54.4 Å². The average molecular weight is 564 g/mol. The summed E-state index contributed by atoms with van der Waals surface area (Å²) in [5, 5.41) is 12.3. The molecule has 41 heavy (non-hydrogen) atoms. The summed E-state index contributed by atoms with van der Waals surface area (Å²) in [6.45, 7) is 9.82. The predicted octanol–water partition coefficient (Wildman–Crippen LogP) is 8.57. The van der Waals surface area contributed by atoms with E-state index in [4.69, 9.17) is 4.74 Å². The highest BCUT2D eigenvalue weighted by molar-refractivity contribution is 5.80. The lowest BCUT2D eigenvalue weighted by molar-refractivity contribution is -0.139. The van der Waals surface area contributed by atoms with E-state index < -0.39 is 18.1 Å². The maximum atomic E-state index is 12.8. The Labute approximate surface area is 247 Å². The van der Waals surface area contributed by atoms with Crippen molar-refractivity contribution in [3.8, 4) is 0 Å². The van der Waals surface area contributed by atoms with Crippen LogP contribution < -0.4 is 5.32 Å². The lowest BCUT2D eigenvalue weighted by atomic mass is 9.47. The van der Waals surface area contributed by atoms with Gasteiger partial charge in [0.25, 0.3) is 0 Å². The van der Waals surface area contributed by atoms with Crippen LogP contribution in [-0.2, 0) is 16.0 Å². The molecule has 3 saturated carbocycles. The number of carbonyl (C=O) groups excluding carboxylic acids is 1. The van der Waals surface area contributed by atoms with Crippen LogP contribution in [0, 0.1) is 40.4 Å². The van der Waals surface area contributed by atoms with Crippen molar-refractivity contribution in [2.75, 3.05) is 0 Å². The first-order valence-electron chi connectivity index (χ1n) is 16.5. The van der Waals surface area contributed by atoms with Crippen LogP contribution in [-0.4, -0.2) is 29.3 Å². The summed E-state index contributed by atoms with van der Waals surface area (Å²) in [6, 6.07) is 8.40. The largest absolute Gasteiger partial charge is 0.480 e. The van der Waals surface area contributed by atoms with Crippen molar-refractivity contribution < 1.29 is 19.4 Å². The maximum absolute atomic E-state index is 12.8. The number of carbonyl (C=O) groups is 2. The minimum Gasteiger partial charge on any atom is -0.480 e. The van der Waals surface area contributed by atoms with Crippen LogP contribution in [0.5, 0.6) is 0 Å². The summed E-state index contributed by atoms with van der Waals surface area (Å²) in [5.74, 6) is 3.05. The molecule has 4 aliphatic carbocycles. The van der Waals surface area contributed by atoms with Crippen LogP contribution >= 0.6 is 0 Å². The number of amides is 1. The second-order valence-corrected chi connectivity index (χ2v) is 14.8. The van der Waals surface area contributed by atoms with Gasteiger partial charge < -0.3 is 15.2 Å². The molecule has 1 amide bonds. The highest BCUT2D eigenvalue weighted by Crippen LogP contribution is 2.66. The zero-order valence-electron chi connectivity index (χ0n) is 25.9. The molecule has 8 atom stereocenters. The van der Waals surface area contributed by atoms with Crippen LogP contribution in [0.25, 0.3) is 0 Å². The summed E-state index contributed by atoms with van der Waals surface area (Å²) in [5.41, 5.74) is 3.07. The Morgan fingerprint density at radius 3 is 2.54 bits per heavy atom. The molecule has 5 heteroatoms. The summed E-state index contributed by atoms with van der Waals surface area (Å²) in [6.07, 6.45) is 16.9. The van der Waals surface area contributed by atoms with Gasteiger partial charge in [0.1, 0.15) is 12.1 Å². The van der Waals surface area contributed by atoms with Gasteiger partial charge in [0, 0.05) is 12.8 Å². The number of carboxylic acid groups (broad SMARTS) is 1. The highest BCUT2D eigenvalue weighted by atomic mass is 16.6. The Kier molecular flexibility index (Phi) is 9.21. The molecule has 226 valence electrons. The van der Waals surface area contributed by atoms with Gasteiger partial charge in [-0.2, -0.15) is 0 Å². The molecule has 0 radical (unpaired) electrons. The van der Waals surface area contributed by atoms with Gasteiger partial charge in [-0.05, 0) is 97.3 Å². The van der Waals surface area contributed by atoms with Gasteiger partial charge in [-0.3, -0.25) is 0 Å². The van der Waals surface area contributed by atoms with Gasteiger partial charge in [0.15, 0.2) is 0 Å². The van der Waals surface area contributed by atoms with E-state index in [0.29, 0.717) is 5.41 Å². The quantitative estimate of drug-likeness (QED) is 0.221. The van der Waals surface area contributed by atoms with Crippen LogP contribution in [0.15, 0.2) is 42.0 Å². The Balaban J connectivity index is 1.18. The molecule has 2 N–H and O–H groups in total. The SMILES string of the molecule is CC(C)CCCC[C@H]1CCC2[C@@H]3CC=C4C[C@@H](OC(=O)N[C@H](Cc5ccccc5)C(=O)O)CC[C@]4(C)C3CCC21C. The van der Waals surface area contributed by atoms with E-state index in [-0.39, 0.29) is 17.9 Å². The van der Waals surface area contributed by atoms with E-state index >= 15 is 0 Å². The van der Waals surface area contributed by atoms with Crippen LogP contribution in [0.2, 0.25) is 0 Å². The molecule has 5 rings (SSSR count). The zero-order valence-corrected chi connectivity index (χ0v) is 25.9. The van der Waals surface area contributed by atoms with Crippen molar-refractivity contribution in [1.29, 1.82) is 0 Å². The number of nitrogens with one attached hydrogen (secondary N) is 1. The van der Waals surface area contributed by atoms with Crippen LogP contribution in [0.1, 0.15) is 110 Å². The van der Waals surface area contributed by atoms with Crippen LogP contribution in [0.3, 0.4) is 0 Å². The zero-order chi connectivity index (χ0) is 29.2. The van der Waals surface area contributed by atoms with Gasteiger partial charge in [-0.1, -0.05) is 88.9 Å². The lowest BCUT2D eigenvalue weighted by Gasteiger charge is -2.58. The van der Waals surface area contributed by atoms with Gasteiger partial charge in [0.2, 0.25) is 0 Å². The second-order valence-electron chi connectivity index (χ2n) is 14.8. The summed E-state index contributed by atoms with van der Waals surface area (Å²) >= 11 is 0. The van der Waals surface area contributed by atoms with E-state index in [9.17, 15) is 14.7 Å². The number of rotatable bonds is 10. The molecule has 1 aromatic rings. The van der Waals surface area contributed by atoms with Crippen molar-refractivity contribution in [2.45, 2.75) is 123 Å². The predicted molar refractivity (Wildman–Crippen MR) is 163 cm³/mol. The number of hydrogen-bond acceptors (Lipinski definition) is 3. The second kappa shape index (κ2) is 12.5. The molecule has 4 aliphatic rings.